The van der Waals surface area contributed by atoms with Crippen LogP contribution in [0.1, 0.15) is 66.4 Å². The van der Waals surface area contributed by atoms with Crippen LogP contribution in [0.5, 0.6) is 5.75 Å². The number of anilines is 2. The zero-order valence-corrected chi connectivity index (χ0v) is 22.9. The van der Waals surface area contributed by atoms with Crippen molar-refractivity contribution in [1.29, 1.82) is 0 Å². The lowest BCUT2D eigenvalue weighted by Crippen LogP contribution is -2.48. The molecule has 1 aliphatic carbocycles. The minimum Gasteiger partial charge on any atom is -0.484 e. The molecule has 1 saturated heterocycles. The summed E-state index contributed by atoms with van der Waals surface area (Å²) in [5.74, 6) is 1.29. The first-order valence-corrected chi connectivity index (χ1v) is 14.3. The molecule has 39 heavy (non-hydrogen) atoms. The highest BCUT2D eigenvalue weighted by Gasteiger charge is 2.22. The Morgan fingerprint density at radius 3 is 2.13 bits per heavy atom. The van der Waals surface area contributed by atoms with Gasteiger partial charge in [0.1, 0.15) is 5.75 Å². The van der Waals surface area contributed by atoms with Gasteiger partial charge in [-0.2, -0.15) is 0 Å². The third kappa shape index (κ3) is 6.99. The number of hydrogen-bond acceptors (Lipinski definition) is 4. The van der Waals surface area contributed by atoms with E-state index in [1.807, 2.05) is 65.6 Å². The maximum Gasteiger partial charge on any atom is 0.262 e. The Bertz CT molecular complexity index is 1220. The van der Waals surface area contributed by atoms with Crippen molar-refractivity contribution < 1.29 is 14.3 Å². The van der Waals surface area contributed by atoms with Crippen LogP contribution in [-0.2, 0) is 11.2 Å². The van der Waals surface area contributed by atoms with Crippen molar-refractivity contribution in [2.24, 2.45) is 0 Å². The highest BCUT2D eigenvalue weighted by Crippen LogP contribution is 2.33. The summed E-state index contributed by atoms with van der Waals surface area (Å²) < 4.78 is 5.72. The average Bonchev–Trinajstić information content (AvgIpc) is 3.01. The Kier molecular flexibility index (Phi) is 8.82. The molecule has 0 bridgehead atoms. The monoisotopic (exact) mass is 525 g/mol. The smallest absolute Gasteiger partial charge is 0.262 e. The van der Waals surface area contributed by atoms with Crippen molar-refractivity contribution in [3.63, 3.8) is 0 Å². The Morgan fingerprint density at radius 1 is 0.821 bits per heavy atom. The van der Waals surface area contributed by atoms with Gasteiger partial charge in [-0.3, -0.25) is 9.59 Å². The molecular weight excluding hydrogens is 486 g/mol. The number of aryl methyl sites for hydroxylation is 1. The van der Waals surface area contributed by atoms with E-state index in [4.69, 9.17) is 4.74 Å². The Balaban J connectivity index is 1.06. The summed E-state index contributed by atoms with van der Waals surface area (Å²) >= 11 is 0. The van der Waals surface area contributed by atoms with Crippen LogP contribution in [-0.4, -0.2) is 49.5 Å². The van der Waals surface area contributed by atoms with E-state index in [1.165, 1.54) is 43.2 Å². The van der Waals surface area contributed by atoms with Crippen molar-refractivity contribution >= 4 is 23.2 Å². The van der Waals surface area contributed by atoms with E-state index >= 15 is 0 Å². The number of nitrogens with one attached hydrogen (secondary N) is 1. The molecule has 3 aromatic rings. The minimum atomic E-state index is -0.182. The number of piperazine rings is 1. The van der Waals surface area contributed by atoms with Gasteiger partial charge >= 0.3 is 0 Å². The van der Waals surface area contributed by atoms with E-state index in [0.29, 0.717) is 19.0 Å². The largest absolute Gasteiger partial charge is 0.484 e. The number of carbonyl (C=O) groups is 2. The lowest BCUT2D eigenvalue weighted by molar-refractivity contribution is -0.118. The first kappa shape index (κ1) is 26.8. The van der Waals surface area contributed by atoms with Crippen LogP contribution < -0.4 is 15.0 Å². The molecule has 0 radical (unpaired) electrons. The molecule has 3 aromatic carbocycles. The van der Waals surface area contributed by atoms with Gasteiger partial charge in [0.15, 0.2) is 6.61 Å². The van der Waals surface area contributed by atoms with E-state index in [-0.39, 0.29) is 18.4 Å². The van der Waals surface area contributed by atoms with E-state index in [2.05, 4.69) is 29.3 Å². The maximum absolute atomic E-state index is 12.9. The van der Waals surface area contributed by atoms with E-state index in [0.717, 1.165) is 42.2 Å². The molecule has 6 heteroatoms. The fourth-order valence-corrected chi connectivity index (χ4v) is 5.61. The quantitative estimate of drug-likeness (QED) is 0.376. The van der Waals surface area contributed by atoms with E-state index in [9.17, 15) is 9.59 Å². The predicted octanol–water partition coefficient (Wildman–Crippen LogP) is 6.28. The lowest BCUT2D eigenvalue weighted by atomic mass is 9.84. The molecular formula is C33H39N3O3. The molecule has 204 valence electrons. The van der Waals surface area contributed by atoms with Crippen LogP contribution >= 0.6 is 0 Å². The SMILES string of the molecule is CCc1ccc(C(=O)N2CCN(c3ccc(NC(=O)COc4ccc(C5CCCCC5)cc4)cc3)CC2)cc1. The number of amides is 2. The number of ether oxygens (including phenoxy) is 1. The van der Waals surface area contributed by atoms with Crippen molar-refractivity contribution in [2.45, 2.75) is 51.4 Å². The summed E-state index contributed by atoms with van der Waals surface area (Å²) in [4.78, 5) is 29.5. The first-order valence-electron chi connectivity index (χ1n) is 14.3. The second-order valence-electron chi connectivity index (χ2n) is 10.6. The van der Waals surface area contributed by atoms with Gasteiger partial charge in [-0.1, -0.05) is 50.5 Å². The third-order valence-corrected chi connectivity index (χ3v) is 8.02. The zero-order valence-electron chi connectivity index (χ0n) is 22.9. The third-order valence-electron chi connectivity index (χ3n) is 8.02. The molecule has 1 N–H and O–H groups in total. The van der Waals surface area contributed by atoms with Gasteiger partial charge in [0.2, 0.25) is 0 Å². The van der Waals surface area contributed by atoms with Gasteiger partial charge < -0.3 is 19.9 Å². The second-order valence-corrected chi connectivity index (χ2v) is 10.6. The van der Waals surface area contributed by atoms with Crippen LogP contribution in [0.4, 0.5) is 11.4 Å². The molecule has 0 aromatic heterocycles. The van der Waals surface area contributed by atoms with Crippen molar-refractivity contribution in [1.82, 2.24) is 4.90 Å². The number of nitrogens with zero attached hydrogens (tertiary/aromatic N) is 2. The van der Waals surface area contributed by atoms with Gasteiger partial charge in [0, 0.05) is 43.1 Å². The van der Waals surface area contributed by atoms with Gasteiger partial charge in [-0.15, -0.1) is 0 Å². The summed E-state index contributed by atoms with van der Waals surface area (Å²) in [5.41, 5.74) is 5.19. The van der Waals surface area contributed by atoms with E-state index in [1.54, 1.807) is 0 Å². The fourth-order valence-electron chi connectivity index (χ4n) is 5.61. The van der Waals surface area contributed by atoms with E-state index < -0.39 is 0 Å². The summed E-state index contributed by atoms with van der Waals surface area (Å²) in [6, 6.07) is 24.0. The Morgan fingerprint density at radius 2 is 1.49 bits per heavy atom. The highest BCUT2D eigenvalue weighted by atomic mass is 16.5. The molecule has 6 nitrogen and oxygen atoms in total. The van der Waals surface area contributed by atoms with Crippen LogP contribution in [0, 0.1) is 0 Å². The topological polar surface area (TPSA) is 61.9 Å². The second kappa shape index (κ2) is 12.8. The number of benzene rings is 3. The normalized spacial score (nSPS) is 16.1. The standard InChI is InChI=1S/C33H39N3O3/c1-2-25-8-10-28(11-9-25)33(38)36-22-20-35(21-23-36)30-16-14-29(15-17-30)34-32(37)24-39-31-18-12-27(13-19-31)26-6-4-3-5-7-26/h8-19,26H,2-7,20-24H2,1H3,(H,34,37). The molecule has 1 heterocycles. The summed E-state index contributed by atoms with van der Waals surface area (Å²) in [6.45, 7) is 5.01. The van der Waals surface area contributed by atoms with Crippen LogP contribution in [0.25, 0.3) is 0 Å². The van der Waals surface area contributed by atoms with Gasteiger partial charge in [0.05, 0.1) is 0 Å². The summed E-state index contributed by atoms with van der Waals surface area (Å²) in [5, 5.41) is 2.92. The number of hydrogen-bond donors (Lipinski definition) is 1. The predicted molar refractivity (Wildman–Crippen MR) is 157 cm³/mol. The maximum atomic E-state index is 12.9. The summed E-state index contributed by atoms with van der Waals surface area (Å²) in [6.07, 6.45) is 7.49. The average molecular weight is 526 g/mol. The fraction of sp³-hybridized carbons (Fsp3) is 0.394. The molecule has 0 atom stereocenters. The summed E-state index contributed by atoms with van der Waals surface area (Å²) in [7, 11) is 0. The van der Waals surface area contributed by atoms with Gasteiger partial charge in [0.25, 0.3) is 11.8 Å². The number of carbonyl (C=O) groups excluding carboxylic acids is 2. The van der Waals surface area contributed by atoms with Crippen molar-refractivity contribution in [2.75, 3.05) is 43.0 Å². The van der Waals surface area contributed by atoms with Crippen molar-refractivity contribution in [3.8, 4) is 5.75 Å². The Labute approximate surface area is 232 Å². The molecule has 1 aliphatic heterocycles. The molecule has 2 amide bonds. The molecule has 0 unspecified atom stereocenters. The minimum absolute atomic E-state index is 0.0261. The first-order chi connectivity index (χ1) is 19.1. The van der Waals surface area contributed by atoms with Gasteiger partial charge in [-0.25, -0.2) is 0 Å². The Hall–Kier alpha value is -3.80. The molecule has 1 saturated carbocycles. The molecule has 5 rings (SSSR count). The van der Waals surface area contributed by atoms with Crippen LogP contribution in [0.3, 0.4) is 0 Å². The van der Waals surface area contributed by atoms with Gasteiger partial charge in [-0.05, 0) is 84.8 Å². The molecule has 2 aliphatic rings. The lowest BCUT2D eigenvalue weighted by Gasteiger charge is -2.36. The zero-order chi connectivity index (χ0) is 27.0. The molecule has 0 spiro atoms. The highest BCUT2D eigenvalue weighted by molar-refractivity contribution is 5.94. The van der Waals surface area contributed by atoms with Crippen LogP contribution in [0.15, 0.2) is 72.8 Å². The van der Waals surface area contributed by atoms with Crippen molar-refractivity contribution in [3.05, 3.63) is 89.5 Å². The number of rotatable bonds is 8. The molecule has 2 fully saturated rings. The van der Waals surface area contributed by atoms with Crippen LogP contribution in [0.2, 0.25) is 0 Å².